The van der Waals surface area contributed by atoms with E-state index in [2.05, 4.69) is 4.98 Å². The summed E-state index contributed by atoms with van der Waals surface area (Å²) in [5, 5.41) is 9.59. The van der Waals surface area contributed by atoms with Gasteiger partial charge in [-0.3, -0.25) is 4.79 Å². The largest absolute Gasteiger partial charge is 0.421 e. The molecule has 0 fully saturated rings. The molecule has 2 N–H and O–H groups in total. The van der Waals surface area contributed by atoms with E-state index in [-0.39, 0.29) is 25.4 Å². The van der Waals surface area contributed by atoms with Gasteiger partial charge in [0.05, 0.1) is 20.7 Å². The molecule has 0 amide bonds. The second-order valence-electron chi connectivity index (χ2n) is 4.68. The number of aromatic nitrogens is 2. The van der Waals surface area contributed by atoms with Crippen LogP contribution in [-0.2, 0) is 9.84 Å². The SMILES string of the molecule is O=c1[nH]c2c(S(=O)(=O)c3ccc(Cl)cc3)cccc2c(=O)n1O. The Morgan fingerprint density at radius 2 is 1.70 bits per heavy atom. The van der Waals surface area contributed by atoms with Gasteiger partial charge in [0.25, 0.3) is 5.56 Å². The summed E-state index contributed by atoms with van der Waals surface area (Å²) in [5.74, 6) is 0. The van der Waals surface area contributed by atoms with Gasteiger partial charge in [0.1, 0.15) is 0 Å². The van der Waals surface area contributed by atoms with Crippen molar-refractivity contribution in [3.05, 3.63) is 68.3 Å². The molecule has 0 saturated heterocycles. The van der Waals surface area contributed by atoms with E-state index in [1.807, 2.05) is 0 Å². The number of nitrogens with one attached hydrogen (secondary N) is 1. The molecule has 0 spiro atoms. The Bertz CT molecular complexity index is 1130. The second kappa shape index (κ2) is 5.25. The number of aromatic amines is 1. The second-order valence-corrected chi connectivity index (χ2v) is 7.04. The standard InChI is InChI=1S/C14H9ClN2O5S/c15-8-4-6-9(7-5-8)23(21,22)11-3-1-2-10-12(11)16-14(19)17(20)13(10)18/h1-7,20H,(H,16,19). The van der Waals surface area contributed by atoms with Gasteiger partial charge >= 0.3 is 5.69 Å². The van der Waals surface area contributed by atoms with Gasteiger partial charge < -0.3 is 10.2 Å². The summed E-state index contributed by atoms with van der Waals surface area (Å²) >= 11 is 5.75. The van der Waals surface area contributed by atoms with Gasteiger partial charge in [-0.15, -0.1) is 0 Å². The average molecular weight is 353 g/mol. The molecule has 0 aliphatic heterocycles. The van der Waals surface area contributed by atoms with E-state index in [1.54, 1.807) is 0 Å². The van der Waals surface area contributed by atoms with Crippen molar-refractivity contribution in [3.63, 3.8) is 0 Å². The Hall–Kier alpha value is -2.58. The van der Waals surface area contributed by atoms with Crippen LogP contribution in [0.1, 0.15) is 0 Å². The average Bonchev–Trinajstić information content (AvgIpc) is 2.52. The zero-order valence-corrected chi connectivity index (χ0v) is 12.9. The Labute approximate surface area is 134 Å². The summed E-state index contributed by atoms with van der Waals surface area (Å²) in [6, 6.07) is 9.41. The minimum atomic E-state index is -3.99. The van der Waals surface area contributed by atoms with E-state index in [4.69, 9.17) is 11.6 Å². The normalized spacial score (nSPS) is 11.7. The molecule has 1 aromatic heterocycles. The van der Waals surface area contributed by atoms with Gasteiger partial charge in [0.15, 0.2) is 0 Å². The first-order valence-electron chi connectivity index (χ1n) is 6.30. The van der Waals surface area contributed by atoms with Crippen molar-refractivity contribution < 1.29 is 13.6 Å². The predicted octanol–water partition coefficient (Wildman–Crippen LogP) is 1.41. The molecular formula is C14H9ClN2O5S. The lowest BCUT2D eigenvalue weighted by Crippen LogP contribution is -2.33. The molecule has 0 unspecified atom stereocenters. The number of hydrogen-bond donors (Lipinski definition) is 2. The number of H-pyrrole nitrogens is 1. The number of fused-ring (bicyclic) bond motifs is 1. The van der Waals surface area contributed by atoms with E-state index in [0.29, 0.717) is 5.02 Å². The van der Waals surface area contributed by atoms with Crippen LogP contribution in [0, 0.1) is 0 Å². The number of para-hydroxylation sites is 1. The molecule has 0 aliphatic rings. The molecule has 9 heteroatoms. The van der Waals surface area contributed by atoms with Crippen LogP contribution in [0.25, 0.3) is 10.9 Å². The first-order chi connectivity index (χ1) is 10.8. The van der Waals surface area contributed by atoms with E-state index in [9.17, 15) is 23.2 Å². The molecule has 3 rings (SSSR count). The third-order valence-corrected chi connectivity index (χ3v) is 5.35. The zero-order valence-electron chi connectivity index (χ0n) is 11.4. The fourth-order valence-corrected chi connectivity index (χ4v) is 3.73. The summed E-state index contributed by atoms with van der Waals surface area (Å²) in [4.78, 5) is 25.4. The van der Waals surface area contributed by atoms with E-state index in [0.717, 1.165) is 0 Å². The highest BCUT2D eigenvalue weighted by molar-refractivity contribution is 7.91. The fraction of sp³-hybridized carbons (Fsp3) is 0. The lowest BCUT2D eigenvalue weighted by Gasteiger charge is -2.08. The van der Waals surface area contributed by atoms with E-state index >= 15 is 0 Å². The maximum Gasteiger partial charge on any atom is 0.362 e. The summed E-state index contributed by atoms with van der Waals surface area (Å²) in [6.07, 6.45) is 0. The van der Waals surface area contributed by atoms with Crippen molar-refractivity contribution >= 4 is 32.3 Å². The van der Waals surface area contributed by atoms with E-state index < -0.39 is 21.1 Å². The van der Waals surface area contributed by atoms with Crippen LogP contribution in [0.4, 0.5) is 0 Å². The number of halogens is 1. The number of benzene rings is 2. The Morgan fingerprint density at radius 1 is 1.04 bits per heavy atom. The van der Waals surface area contributed by atoms with Gasteiger partial charge in [0.2, 0.25) is 9.84 Å². The van der Waals surface area contributed by atoms with Gasteiger partial charge in [-0.25, -0.2) is 13.2 Å². The Balaban J connectivity index is 2.39. The van der Waals surface area contributed by atoms with Crippen LogP contribution in [0.2, 0.25) is 5.02 Å². The lowest BCUT2D eigenvalue weighted by molar-refractivity contribution is 0.162. The quantitative estimate of drug-likeness (QED) is 0.678. The van der Waals surface area contributed by atoms with Gasteiger partial charge in [-0.1, -0.05) is 22.4 Å². The van der Waals surface area contributed by atoms with Gasteiger partial charge in [-0.05, 0) is 36.4 Å². The Kier molecular flexibility index (Phi) is 3.50. The van der Waals surface area contributed by atoms with Crippen LogP contribution in [0.3, 0.4) is 0 Å². The molecule has 23 heavy (non-hydrogen) atoms. The van der Waals surface area contributed by atoms with Crippen LogP contribution < -0.4 is 11.2 Å². The number of rotatable bonds is 2. The molecule has 0 atom stereocenters. The highest BCUT2D eigenvalue weighted by Crippen LogP contribution is 2.26. The highest BCUT2D eigenvalue weighted by atomic mass is 35.5. The first kappa shape index (κ1) is 15.3. The van der Waals surface area contributed by atoms with Crippen LogP contribution in [0.5, 0.6) is 0 Å². The van der Waals surface area contributed by atoms with Crippen LogP contribution in [0.15, 0.2) is 61.8 Å². The van der Waals surface area contributed by atoms with Crippen molar-refractivity contribution in [2.45, 2.75) is 9.79 Å². The molecule has 2 aromatic carbocycles. The van der Waals surface area contributed by atoms with Gasteiger partial charge in [0, 0.05) is 5.02 Å². The summed E-state index contributed by atoms with van der Waals surface area (Å²) in [7, 11) is -3.99. The van der Waals surface area contributed by atoms with Crippen molar-refractivity contribution in [1.29, 1.82) is 0 Å². The van der Waals surface area contributed by atoms with Gasteiger partial charge in [-0.2, -0.15) is 0 Å². The number of nitrogens with zero attached hydrogens (tertiary/aromatic N) is 1. The molecule has 0 bridgehead atoms. The first-order valence-corrected chi connectivity index (χ1v) is 8.16. The van der Waals surface area contributed by atoms with Crippen molar-refractivity contribution in [1.82, 2.24) is 9.71 Å². The molecule has 0 aliphatic carbocycles. The Morgan fingerprint density at radius 3 is 2.35 bits per heavy atom. The molecule has 1 heterocycles. The van der Waals surface area contributed by atoms with Crippen LogP contribution >= 0.6 is 11.6 Å². The molecule has 118 valence electrons. The summed E-state index contributed by atoms with van der Waals surface area (Å²) < 4.78 is 25.4. The van der Waals surface area contributed by atoms with E-state index in [1.165, 1.54) is 42.5 Å². The topological polar surface area (TPSA) is 109 Å². The molecule has 3 aromatic rings. The predicted molar refractivity (Wildman–Crippen MR) is 82.9 cm³/mol. The minimum Gasteiger partial charge on any atom is -0.421 e. The summed E-state index contributed by atoms with van der Waals surface area (Å²) in [6.45, 7) is 0. The highest BCUT2D eigenvalue weighted by Gasteiger charge is 2.22. The zero-order chi connectivity index (χ0) is 16.8. The third kappa shape index (κ3) is 2.41. The fourth-order valence-electron chi connectivity index (χ4n) is 2.17. The third-order valence-electron chi connectivity index (χ3n) is 3.29. The maximum atomic E-state index is 12.7. The number of sulfone groups is 1. The molecular weight excluding hydrogens is 344 g/mol. The smallest absolute Gasteiger partial charge is 0.362 e. The van der Waals surface area contributed by atoms with Crippen molar-refractivity contribution in [2.75, 3.05) is 0 Å². The van der Waals surface area contributed by atoms with Crippen LogP contribution in [-0.4, -0.2) is 23.3 Å². The van der Waals surface area contributed by atoms with Crippen molar-refractivity contribution in [2.24, 2.45) is 0 Å². The molecule has 0 radical (unpaired) electrons. The summed E-state index contributed by atoms with van der Waals surface area (Å²) in [5.41, 5.74) is -2.29. The number of hydrogen-bond acceptors (Lipinski definition) is 5. The lowest BCUT2D eigenvalue weighted by atomic mass is 10.2. The monoisotopic (exact) mass is 352 g/mol. The maximum absolute atomic E-state index is 12.7. The van der Waals surface area contributed by atoms with Crippen molar-refractivity contribution in [3.8, 4) is 0 Å². The molecule has 0 saturated carbocycles. The minimum absolute atomic E-state index is 0.0385. The molecule has 7 nitrogen and oxygen atoms in total.